The summed E-state index contributed by atoms with van der Waals surface area (Å²) in [6.07, 6.45) is 7.54. The van der Waals surface area contributed by atoms with Crippen LogP contribution in [0.5, 0.6) is 0 Å². The fraction of sp³-hybridized carbons (Fsp3) is 0.459. The molecule has 7 rings (SSSR count). The summed E-state index contributed by atoms with van der Waals surface area (Å²) in [5.74, 6) is 1.59. The molecular weight excluding hydrogens is 657 g/mol. The quantitative estimate of drug-likeness (QED) is 0.194. The van der Waals surface area contributed by atoms with Crippen molar-refractivity contribution in [1.29, 1.82) is 0 Å². The van der Waals surface area contributed by atoms with Crippen LogP contribution in [0.3, 0.4) is 0 Å². The lowest BCUT2D eigenvalue weighted by Crippen LogP contribution is -2.36. The van der Waals surface area contributed by atoms with Gasteiger partial charge >= 0.3 is 12.2 Å². The van der Waals surface area contributed by atoms with Crippen LogP contribution in [0.2, 0.25) is 0 Å². The maximum absolute atomic E-state index is 12.8. The molecule has 2 aliphatic heterocycles. The second-order valence-electron chi connectivity index (χ2n) is 14.9. The topological polar surface area (TPSA) is 116 Å². The van der Waals surface area contributed by atoms with Gasteiger partial charge in [-0.1, -0.05) is 24.3 Å². The highest BCUT2D eigenvalue weighted by molar-refractivity contribution is 7.59. The molecule has 0 spiro atoms. The van der Waals surface area contributed by atoms with Gasteiger partial charge < -0.3 is 19.4 Å². The lowest BCUT2D eigenvalue weighted by Gasteiger charge is -2.27. The summed E-state index contributed by atoms with van der Waals surface area (Å²) in [7, 11) is 0. The van der Waals surface area contributed by atoms with Crippen molar-refractivity contribution in [2.24, 2.45) is 0 Å². The van der Waals surface area contributed by atoms with E-state index in [-0.39, 0.29) is 51.3 Å². The van der Waals surface area contributed by atoms with Crippen LogP contribution in [0.15, 0.2) is 48.8 Å². The Bertz CT molecular complexity index is 1710. The molecular formula is C37H48N6O4S2. The van der Waals surface area contributed by atoms with Crippen LogP contribution < -0.4 is 0 Å². The number of nitrogens with one attached hydrogen (secondary N) is 2. The summed E-state index contributed by atoms with van der Waals surface area (Å²) in [6.45, 7) is 12.7. The van der Waals surface area contributed by atoms with Crippen LogP contribution in [0, 0.1) is 0 Å². The molecule has 10 nitrogen and oxygen atoms in total. The SMILES string of the molecule is CC(C)(C)OC(=O)N1CCC[C@H]1c1ncc(-c2ccc3c(c2)Cc2cc(-c4cnc([C@@H]5CCCN5C(=O)OC(C)(C)C)[nH]4)ccc2-3)[nH]1.S.S. The third-order valence-corrected chi connectivity index (χ3v) is 9.09. The van der Waals surface area contributed by atoms with E-state index in [4.69, 9.17) is 19.4 Å². The fourth-order valence-corrected chi connectivity index (χ4v) is 7.03. The molecule has 4 heterocycles. The first kappa shape index (κ1) is 36.4. The molecule has 2 aromatic heterocycles. The van der Waals surface area contributed by atoms with Crippen molar-refractivity contribution >= 4 is 39.2 Å². The molecule has 3 aliphatic rings. The van der Waals surface area contributed by atoms with Gasteiger partial charge in [-0.3, -0.25) is 9.80 Å². The lowest BCUT2D eigenvalue weighted by atomic mass is 10.0. The number of carbonyl (C=O) groups is 2. The van der Waals surface area contributed by atoms with E-state index in [1.165, 1.54) is 22.3 Å². The van der Waals surface area contributed by atoms with Crippen molar-refractivity contribution in [3.8, 4) is 33.6 Å². The molecule has 0 unspecified atom stereocenters. The number of aromatic amines is 2. The van der Waals surface area contributed by atoms with Crippen LogP contribution in [-0.4, -0.2) is 66.2 Å². The van der Waals surface area contributed by atoms with Gasteiger partial charge in [0, 0.05) is 13.1 Å². The number of amides is 2. The maximum Gasteiger partial charge on any atom is 0.410 e. The molecule has 0 radical (unpaired) electrons. The zero-order chi connectivity index (χ0) is 33.1. The van der Waals surface area contributed by atoms with E-state index in [9.17, 15) is 9.59 Å². The number of benzene rings is 2. The predicted octanol–water partition coefficient (Wildman–Crippen LogP) is 8.41. The number of fused-ring (bicyclic) bond motifs is 3. The van der Waals surface area contributed by atoms with Crippen molar-refractivity contribution in [1.82, 2.24) is 29.7 Å². The first-order valence-electron chi connectivity index (χ1n) is 16.7. The standard InChI is InChI=1S/C37H44N6O4.2H2S/c1-36(2,3)46-34(44)42-15-7-9-30(42)32-38-20-28(40-32)22-11-13-26-24(17-22)19-25-18-23(12-14-27(25)26)29-21-39-33(41-29)31-10-8-16-43(31)35(45)47-37(4,5)6;;/h11-14,17-18,20-21,30-31H,7-10,15-16,19H2,1-6H3,(H,38,40)(H,39,41);2*1H2/t30-,31-;;/m0../s1. The Morgan fingerprint density at radius 3 is 1.49 bits per heavy atom. The number of hydrogen-bond acceptors (Lipinski definition) is 6. The Labute approximate surface area is 302 Å². The van der Waals surface area contributed by atoms with Crippen molar-refractivity contribution < 1.29 is 19.1 Å². The van der Waals surface area contributed by atoms with Crippen LogP contribution in [0.1, 0.15) is 102 Å². The Morgan fingerprint density at radius 2 is 1.10 bits per heavy atom. The van der Waals surface area contributed by atoms with Gasteiger partial charge in [-0.2, -0.15) is 27.0 Å². The third kappa shape index (κ3) is 7.50. The molecule has 2 amide bonds. The van der Waals surface area contributed by atoms with Crippen molar-refractivity contribution in [3.63, 3.8) is 0 Å². The molecule has 49 heavy (non-hydrogen) atoms. The summed E-state index contributed by atoms with van der Waals surface area (Å²) in [5, 5.41) is 0. The van der Waals surface area contributed by atoms with Crippen molar-refractivity contribution in [3.05, 3.63) is 71.6 Å². The van der Waals surface area contributed by atoms with Crippen LogP contribution in [0.25, 0.3) is 33.6 Å². The second-order valence-corrected chi connectivity index (χ2v) is 14.9. The van der Waals surface area contributed by atoms with E-state index in [0.29, 0.717) is 13.1 Å². The molecule has 12 heteroatoms. The smallest absolute Gasteiger partial charge is 0.410 e. The zero-order valence-electron chi connectivity index (χ0n) is 29.1. The van der Waals surface area contributed by atoms with E-state index in [1.54, 1.807) is 9.80 Å². The van der Waals surface area contributed by atoms with E-state index in [1.807, 2.05) is 53.9 Å². The second kappa shape index (κ2) is 13.8. The number of hydrogen-bond donors (Lipinski definition) is 2. The highest BCUT2D eigenvalue weighted by Crippen LogP contribution is 2.41. The summed E-state index contributed by atoms with van der Waals surface area (Å²) in [6, 6.07) is 12.9. The normalized spacial score (nSPS) is 18.4. The van der Waals surface area contributed by atoms with Crippen molar-refractivity contribution in [2.45, 2.75) is 96.9 Å². The number of nitrogens with zero attached hydrogens (tertiary/aromatic N) is 4. The minimum absolute atomic E-state index is 0. The van der Waals surface area contributed by atoms with Gasteiger partial charge in [-0.25, -0.2) is 19.6 Å². The van der Waals surface area contributed by atoms with Crippen LogP contribution in [0.4, 0.5) is 9.59 Å². The summed E-state index contributed by atoms with van der Waals surface area (Å²) < 4.78 is 11.3. The number of H-pyrrole nitrogens is 2. The van der Waals surface area contributed by atoms with Gasteiger partial charge in [-0.05, 0) is 119 Å². The van der Waals surface area contributed by atoms with Crippen LogP contribution in [-0.2, 0) is 15.9 Å². The van der Waals surface area contributed by atoms with E-state index in [0.717, 1.165) is 66.3 Å². The molecule has 262 valence electrons. The molecule has 4 aromatic rings. The number of rotatable bonds is 4. The molecule has 2 atom stereocenters. The lowest BCUT2D eigenvalue weighted by molar-refractivity contribution is 0.0208. The zero-order valence-corrected chi connectivity index (χ0v) is 31.1. The third-order valence-electron chi connectivity index (χ3n) is 9.09. The largest absolute Gasteiger partial charge is 0.444 e. The van der Waals surface area contributed by atoms with Gasteiger partial charge in [-0.15, -0.1) is 0 Å². The Hall–Kier alpha value is -3.90. The Morgan fingerprint density at radius 1 is 0.694 bits per heavy atom. The van der Waals surface area contributed by atoms with Gasteiger partial charge in [0.15, 0.2) is 0 Å². The van der Waals surface area contributed by atoms with Crippen LogP contribution >= 0.6 is 27.0 Å². The average Bonchev–Trinajstić information content (AvgIpc) is 3.83. The Balaban J connectivity index is 0.00000234. The summed E-state index contributed by atoms with van der Waals surface area (Å²) in [4.78, 5) is 45.7. The predicted molar refractivity (Wildman–Crippen MR) is 200 cm³/mol. The molecule has 2 aromatic carbocycles. The van der Waals surface area contributed by atoms with Gasteiger partial charge in [0.05, 0.1) is 35.9 Å². The number of likely N-dealkylation sites (tertiary alicyclic amines) is 2. The number of aromatic nitrogens is 4. The first-order chi connectivity index (χ1) is 22.3. The fourth-order valence-electron chi connectivity index (χ4n) is 7.03. The molecule has 2 fully saturated rings. The van der Waals surface area contributed by atoms with E-state index >= 15 is 0 Å². The van der Waals surface area contributed by atoms with Crippen molar-refractivity contribution in [2.75, 3.05) is 13.1 Å². The molecule has 1 aliphatic carbocycles. The van der Waals surface area contributed by atoms with E-state index in [2.05, 4.69) is 46.4 Å². The number of imidazole rings is 2. The average molecular weight is 705 g/mol. The summed E-state index contributed by atoms with van der Waals surface area (Å²) in [5.41, 5.74) is 7.96. The van der Waals surface area contributed by atoms with Gasteiger partial charge in [0.1, 0.15) is 22.9 Å². The Kier molecular flexibility index (Phi) is 10.2. The highest BCUT2D eigenvalue weighted by atomic mass is 32.1. The number of carbonyl (C=O) groups excluding carboxylic acids is 2. The minimum Gasteiger partial charge on any atom is -0.444 e. The molecule has 0 saturated carbocycles. The van der Waals surface area contributed by atoms with E-state index < -0.39 is 11.2 Å². The highest BCUT2D eigenvalue weighted by Gasteiger charge is 2.36. The van der Waals surface area contributed by atoms with Gasteiger partial charge in [0.25, 0.3) is 0 Å². The molecule has 2 N–H and O–H groups in total. The molecule has 2 saturated heterocycles. The summed E-state index contributed by atoms with van der Waals surface area (Å²) >= 11 is 0. The van der Waals surface area contributed by atoms with Gasteiger partial charge in [0.2, 0.25) is 0 Å². The monoisotopic (exact) mass is 704 g/mol. The minimum atomic E-state index is -0.538. The first-order valence-corrected chi connectivity index (χ1v) is 16.7. The number of ether oxygens (including phenoxy) is 2. The molecule has 0 bridgehead atoms. The maximum atomic E-state index is 12.8.